The second kappa shape index (κ2) is 5.85. The molecule has 0 bridgehead atoms. The van der Waals surface area contributed by atoms with Gasteiger partial charge in [0.15, 0.2) is 0 Å². The molecule has 1 aromatic rings. The Morgan fingerprint density at radius 3 is 3.06 bits per heavy atom. The van der Waals surface area contributed by atoms with Gasteiger partial charge in [-0.1, -0.05) is 13.8 Å². The molecule has 18 heavy (non-hydrogen) atoms. The van der Waals surface area contributed by atoms with Gasteiger partial charge in [0.1, 0.15) is 0 Å². The van der Waals surface area contributed by atoms with E-state index in [1.165, 1.54) is 12.0 Å². The van der Waals surface area contributed by atoms with Gasteiger partial charge in [-0.05, 0) is 42.2 Å². The fraction of sp³-hybridized carbons (Fsp3) is 0.643. The van der Waals surface area contributed by atoms with Crippen LogP contribution in [0.2, 0.25) is 0 Å². The Labute approximate surface area is 113 Å². The van der Waals surface area contributed by atoms with Crippen molar-refractivity contribution in [3.63, 3.8) is 0 Å². The van der Waals surface area contributed by atoms with Crippen LogP contribution in [0.5, 0.6) is 0 Å². The Morgan fingerprint density at radius 1 is 1.61 bits per heavy atom. The first-order chi connectivity index (χ1) is 8.69. The molecule has 2 atom stereocenters. The van der Waals surface area contributed by atoms with Crippen molar-refractivity contribution in [3.05, 3.63) is 21.9 Å². The van der Waals surface area contributed by atoms with Gasteiger partial charge in [-0.3, -0.25) is 4.79 Å². The maximum Gasteiger partial charge on any atom is 0.264 e. The van der Waals surface area contributed by atoms with Gasteiger partial charge in [-0.15, -0.1) is 11.3 Å². The van der Waals surface area contributed by atoms with E-state index in [-0.39, 0.29) is 11.9 Å². The maximum absolute atomic E-state index is 12.6. The molecular weight excluding hydrogens is 244 g/mol. The summed E-state index contributed by atoms with van der Waals surface area (Å²) in [4.78, 5) is 15.5. The molecule has 0 aliphatic carbocycles. The summed E-state index contributed by atoms with van der Waals surface area (Å²) in [6, 6.07) is 2.26. The number of nitrogens with zero attached hydrogens (tertiary/aromatic N) is 1. The van der Waals surface area contributed by atoms with E-state index in [1.54, 1.807) is 11.3 Å². The van der Waals surface area contributed by atoms with Crippen molar-refractivity contribution in [2.45, 2.75) is 39.2 Å². The van der Waals surface area contributed by atoms with Gasteiger partial charge in [-0.2, -0.15) is 0 Å². The maximum atomic E-state index is 12.6. The van der Waals surface area contributed by atoms with Crippen LogP contribution in [0.4, 0.5) is 0 Å². The van der Waals surface area contributed by atoms with Crippen molar-refractivity contribution in [2.24, 2.45) is 11.7 Å². The Bertz CT molecular complexity index is 416. The molecule has 1 fully saturated rings. The van der Waals surface area contributed by atoms with Crippen LogP contribution in [-0.4, -0.2) is 29.9 Å². The lowest BCUT2D eigenvalue weighted by molar-refractivity contribution is 0.0536. The topological polar surface area (TPSA) is 46.3 Å². The zero-order chi connectivity index (χ0) is 13.1. The highest BCUT2D eigenvalue weighted by Crippen LogP contribution is 2.27. The molecule has 1 aromatic heterocycles. The summed E-state index contributed by atoms with van der Waals surface area (Å²) in [7, 11) is 0. The van der Waals surface area contributed by atoms with E-state index in [1.807, 2.05) is 10.3 Å². The van der Waals surface area contributed by atoms with E-state index >= 15 is 0 Å². The molecule has 0 unspecified atom stereocenters. The minimum absolute atomic E-state index is 0.184. The SMILES string of the molecule is CCc1ccsc1C(=O)N1CCC[C@H](C)[C@H]1CN. The summed E-state index contributed by atoms with van der Waals surface area (Å²) in [5.41, 5.74) is 7.02. The molecule has 0 aromatic carbocycles. The van der Waals surface area contributed by atoms with Crippen LogP contribution in [-0.2, 0) is 6.42 Å². The van der Waals surface area contributed by atoms with Crippen molar-refractivity contribution in [3.8, 4) is 0 Å². The third-order valence-corrected chi connectivity index (χ3v) is 4.88. The van der Waals surface area contributed by atoms with Crippen LogP contribution in [0, 0.1) is 5.92 Å². The number of rotatable bonds is 3. The van der Waals surface area contributed by atoms with Crippen molar-refractivity contribution in [2.75, 3.05) is 13.1 Å². The monoisotopic (exact) mass is 266 g/mol. The van der Waals surface area contributed by atoms with E-state index in [0.29, 0.717) is 12.5 Å². The predicted molar refractivity (Wildman–Crippen MR) is 76.0 cm³/mol. The zero-order valence-corrected chi connectivity index (χ0v) is 12.0. The molecule has 2 N–H and O–H groups in total. The highest BCUT2D eigenvalue weighted by molar-refractivity contribution is 7.12. The number of nitrogens with two attached hydrogens (primary N) is 1. The largest absolute Gasteiger partial charge is 0.333 e. The number of hydrogen-bond acceptors (Lipinski definition) is 3. The molecule has 100 valence electrons. The van der Waals surface area contributed by atoms with Gasteiger partial charge in [0.2, 0.25) is 0 Å². The first-order valence-electron chi connectivity index (χ1n) is 6.76. The van der Waals surface area contributed by atoms with Crippen molar-refractivity contribution < 1.29 is 4.79 Å². The highest BCUT2D eigenvalue weighted by Gasteiger charge is 2.32. The van der Waals surface area contributed by atoms with Crippen LogP contribution in [0.1, 0.15) is 41.9 Å². The fourth-order valence-corrected chi connectivity index (χ4v) is 3.74. The number of hydrogen-bond donors (Lipinski definition) is 1. The van der Waals surface area contributed by atoms with Gasteiger partial charge < -0.3 is 10.6 Å². The third kappa shape index (κ3) is 2.45. The van der Waals surface area contributed by atoms with E-state index < -0.39 is 0 Å². The van der Waals surface area contributed by atoms with E-state index in [2.05, 4.69) is 19.9 Å². The molecular formula is C14H22N2OS. The van der Waals surface area contributed by atoms with Crippen LogP contribution in [0.15, 0.2) is 11.4 Å². The number of aryl methyl sites for hydroxylation is 1. The molecule has 2 rings (SSSR count). The molecule has 2 heterocycles. The van der Waals surface area contributed by atoms with Crippen LogP contribution in [0.25, 0.3) is 0 Å². The van der Waals surface area contributed by atoms with Gasteiger partial charge >= 0.3 is 0 Å². The Hall–Kier alpha value is -0.870. The molecule has 1 amide bonds. The summed E-state index contributed by atoms with van der Waals surface area (Å²) >= 11 is 1.56. The average Bonchev–Trinajstić information content (AvgIpc) is 2.85. The normalized spacial score (nSPS) is 24.3. The van der Waals surface area contributed by atoms with Crippen LogP contribution < -0.4 is 5.73 Å². The Balaban J connectivity index is 2.21. The summed E-state index contributed by atoms with van der Waals surface area (Å²) in [5.74, 6) is 0.696. The number of carbonyl (C=O) groups is 1. The quantitative estimate of drug-likeness (QED) is 0.913. The molecule has 1 aliphatic rings. The fourth-order valence-electron chi connectivity index (χ4n) is 2.79. The first kappa shape index (κ1) is 13.6. The number of amides is 1. The summed E-state index contributed by atoms with van der Waals surface area (Å²) in [6.07, 6.45) is 3.19. The summed E-state index contributed by atoms with van der Waals surface area (Å²) in [5, 5.41) is 2.01. The van der Waals surface area contributed by atoms with E-state index in [0.717, 1.165) is 24.3 Å². The highest BCUT2D eigenvalue weighted by atomic mass is 32.1. The number of carbonyl (C=O) groups excluding carboxylic acids is 1. The van der Waals surface area contributed by atoms with Crippen molar-refractivity contribution >= 4 is 17.2 Å². The van der Waals surface area contributed by atoms with Crippen LogP contribution in [0.3, 0.4) is 0 Å². The molecule has 4 heteroatoms. The second-order valence-electron chi connectivity index (χ2n) is 5.05. The number of likely N-dealkylation sites (tertiary alicyclic amines) is 1. The number of thiophene rings is 1. The third-order valence-electron chi connectivity index (χ3n) is 3.94. The lowest BCUT2D eigenvalue weighted by Gasteiger charge is -2.39. The molecule has 3 nitrogen and oxygen atoms in total. The first-order valence-corrected chi connectivity index (χ1v) is 7.64. The van der Waals surface area contributed by atoms with Crippen LogP contribution >= 0.6 is 11.3 Å². The van der Waals surface area contributed by atoms with E-state index in [9.17, 15) is 4.79 Å². The Morgan fingerprint density at radius 2 is 2.39 bits per heavy atom. The molecule has 0 saturated carbocycles. The van der Waals surface area contributed by atoms with Gasteiger partial charge in [0, 0.05) is 19.1 Å². The van der Waals surface area contributed by atoms with Gasteiger partial charge in [-0.25, -0.2) is 0 Å². The lowest BCUT2D eigenvalue weighted by atomic mass is 9.90. The minimum atomic E-state index is 0.184. The molecule has 0 spiro atoms. The zero-order valence-electron chi connectivity index (χ0n) is 11.2. The predicted octanol–water partition coefficient (Wildman–Crippen LogP) is 2.51. The minimum Gasteiger partial charge on any atom is -0.333 e. The molecule has 0 radical (unpaired) electrons. The second-order valence-corrected chi connectivity index (χ2v) is 5.97. The van der Waals surface area contributed by atoms with E-state index in [4.69, 9.17) is 5.73 Å². The van der Waals surface area contributed by atoms with Gasteiger partial charge in [0.25, 0.3) is 5.91 Å². The smallest absolute Gasteiger partial charge is 0.264 e. The number of piperidine rings is 1. The Kier molecular flexibility index (Phi) is 4.40. The summed E-state index contributed by atoms with van der Waals surface area (Å²) < 4.78 is 0. The standard InChI is InChI=1S/C14H22N2OS/c1-3-11-6-8-18-13(11)14(17)16-7-4-5-10(2)12(16)9-15/h6,8,10,12H,3-5,7,9,15H2,1-2H3/t10-,12+/m0/s1. The molecule has 1 aliphatic heterocycles. The molecule has 1 saturated heterocycles. The lowest BCUT2D eigenvalue weighted by Crippen LogP contribution is -2.51. The van der Waals surface area contributed by atoms with Gasteiger partial charge in [0.05, 0.1) is 4.88 Å². The van der Waals surface area contributed by atoms with Crippen molar-refractivity contribution in [1.29, 1.82) is 0 Å². The van der Waals surface area contributed by atoms with Crippen molar-refractivity contribution in [1.82, 2.24) is 4.90 Å². The summed E-state index contributed by atoms with van der Waals surface area (Å²) in [6.45, 7) is 5.72. The average molecular weight is 266 g/mol.